The molecule has 6 nitrogen and oxygen atoms in total. The Bertz CT molecular complexity index is 726. The van der Waals surface area contributed by atoms with Crippen LogP contribution in [0, 0.1) is 13.8 Å². The van der Waals surface area contributed by atoms with E-state index in [4.69, 9.17) is 0 Å². The molecule has 1 aliphatic heterocycles. The van der Waals surface area contributed by atoms with Crippen molar-refractivity contribution >= 4 is 5.97 Å². The number of nitrogens with zero attached hydrogens (tertiary/aromatic N) is 3. The molecule has 2 heterocycles. The Morgan fingerprint density at radius 2 is 2.13 bits per heavy atom. The number of aliphatic hydroxyl groups is 1. The van der Waals surface area contributed by atoms with Gasteiger partial charge in [0.15, 0.2) is 0 Å². The highest BCUT2D eigenvalue weighted by molar-refractivity contribution is 5.74. The van der Waals surface area contributed by atoms with Crippen LogP contribution < -0.4 is 0 Å². The Hall–Kier alpha value is -2.18. The van der Waals surface area contributed by atoms with Gasteiger partial charge in [0, 0.05) is 25.2 Å². The van der Waals surface area contributed by atoms with Gasteiger partial charge in [-0.1, -0.05) is 12.1 Å². The normalized spacial score (nSPS) is 21.7. The van der Waals surface area contributed by atoms with Crippen LogP contribution in [0.3, 0.4) is 0 Å². The topological polar surface area (TPSA) is 78.6 Å². The van der Waals surface area contributed by atoms with E-state index in [-0.39, 0.29) is 6.42 Å². The highest BCUT2D eigenvalue weighted by atomic mass is 16.4. The molecule has 2 N–H and O–H groups in total. The summed E-state index contributed by atoms with van der Waals surface area (Å²) in [6, 6.07) is 9.31. The Labute approximate surface area is 135 Å². The van der Waals surface area contributed by atoms with E-state index in [2.05, 4.69) is 5.10 Å². The van der Waals surface area contributed by atoms with Crippen molar-refractivity contribution in [1.82, 2.24) is 14.7 Å². The van der Waals surface area contributed by atoms with Crippen molar-refractivity contribution < 1.29 is 15.0 Å². The molecular weight excluding hydrogens is 294 g/mol. The van der Waals surface area contributed by atoms with Crippen molar-refractivity contribution in [2.75, 3.05) is 6.54 Å². The first-order valence-electron chi connectivity index (χ1n) is 7.71. The highest BCUT2D eigenvalue weighted by Gasteiger charge is 2.35. The summed E-state index contributed by atoms with van der Waals surface area (Å²) in [5, 5.41) is 23.5. The van der Waals surface area contributed by atoms with E-state index in [1.807, 2.05) is 53.8 Å². The maximum atomic E-state index is 11.3. The van der Waals surface area contributed by atoms with Crippen molar-refractivity contribution in [2.24, 2.45) is 0 Å². The van der Waals surface area contributed by atoms with Crippen molar-refractivity contribution in [1.29, 1.82) is 0 Å². The molecule has 2 atom stereocenters. The fourth-order valence-corrected chi connectivity index (χ4v) is 3.22. The molecule has 0 bridgehead atoms. The Morgan fingerprint density at radius 3 is 2.78 bits per heavy atom. The van der Waals surface area contributed by atoms with E-state index < -0.39 is 18.1 Å². The van der Waals surface area contributed by atoms with Gasteiger partial charge in [-0.05, 0) is 37.6 Å². The second-order valence-electron chi connectivity index (χ2n) is 6.18. The summed E-state index contributed by atoms with van der Waals surface area (Å²) in [5.41, 5.74) is 3.98. The first-order valence-corrected chi connectivity index (χ1v) is 7.71. The quantitative estimate of drug-likeness (QED) is 0.894. The van der Waals surface area contributed by atoms with E-state index in [9.17, 15) is 15.0 Å². The first kappa shape index (κ1) is 15.7. The van der Waals surface area contributed by atoms with Gasteiger partial charge < -0.3 is 10.2 Å². The fraction of sp³-hybridized carbons (Fsp3) is 0.412. The number of carboxylic acid groups (broad SMARTS) is 1. The zero-order chi connectivity index (χ0) is 16.6. The number of aryl methyl sites for hydroxylation is 2. The standard InChI is InChI=1S/C17H21N3O3/c1-11-6-12(2)20(18-11)14-5-3-4-13(7-14)9-19-10-15(21)8-16(19)17(22)23/h3-7,15-16,21H,8-10H2,1-2H3,(H,22,23)/t15-,16+/m1/s1. The number of aromatic nitrogens is 2. The van der Waals surface area contributed by atoms with Crippen LogP contribution in [-0.4, -0.2) is 49.6 Å². The summed E-state index contributed by atoms with van der Waals surface area (Å²) < 4.78 is 1.88. The number of benzene rings is 1. The number of β-amino-alcohol motifs (C(OH)–C–C–N with tert-alkyl or cyclic N) is 1. The van der Waals surface area contributed by atoms with Crippen LogP contribution >= 0.6 is 0 Å². The Morgan fingerprint density at radius 1 is 1.35 bits per heavy atom. The molecule has 0 radical (unpaired) electrons. The highest BCUT2D eigenvalue weighted by Crippen LogP contribution is 2.22. The van der Waals surface area contributed by atoms with Crippen LogP contribution in [0.4, 0.5) is 0 Å². The molecule has 0 amide bonds. The van der Waals surface area contributed by atoms with Crippen LogP contribution in [0.5, 0.6) is 0 Å². The lowest BCUT2D eigenvalue weighted by atomic mass is 10.1. The van der Waals surface area contributed by atoms with Gasteiger partial charge in [-0.25, -0.2) is 4.68 Å². The molecule has 1 aromatic heterocycles. The average molecular weight is 315 g/mol. The molecule has 2 aromatic rings. The molecule has 1 saturated heterocycles. The lowest BCUT2D eigenvalue weighted by Gasteiger charge is -2.21. The summed E-state index contributed by atoms with van der Waals surface area (Å²) in [4.78, 5) is 13.1. The zero-order valence-electron chi connectivity index (χ0n) is 13.3. The Kier molecular flexibility index (Phi) is 4.19. The number of likely N-dealkylation sites (tertiary alicyclic amines) is 1. The molecule has 0 unspecified atom stereocenters. The molecule has 1 aromatic carbocycles. The second-order valence-corrected chi connectivity index (χ2v) is 6.18. The number of carboxylic acids is 1. The Balaban J connectivity index is 1.83. The zero-order valence-corrected chi connectivity index (χ0v) is 13.3. The number of hydrogen-bond acceptors (Lipinski definition) is 4. The molecule has 1 fully saturated rings. The van der Waals surface area contributed by atoms with E-state index in [0.29, 0.717) is 13.1 Å². The molecular formula is C17H21N3O3. The largest absolute Gasteiger partial charge is 0.480 e. The third kappa shape index (κ3) is 3.28. The monoisotopic (exact) mass is 315 g/mol. The van der Waals surface area contributed by atoms with Gasteiger partial charge in [0.1, 0.15) is 6.04 Å². The minimum absolute atomic E-state index is 0.284. The lowest BCUT2D eigenvalue weighted by molar-refractivity contribution is -0.142. The van der Waals surface area contributed by atoms with Crippen LogP contribution in [-0.2, 0) is 11.3 Å². The summed E-state index contributed by atoms with van der Waals surface area (Å²) in [7, 11) is 0. The van der Waals surface area contributed by atoms with Gasteiger partial charge in [-0.3, -0.25) is 9.69 Å². The first-order chi connectivity index (χ1) is 10.9. The number of aliphatic hydroxyl groups excluding tert-OH is 1. The van der Waals surface area contributed by atoms with Gasteiger partial charge in [0.25, 0.3) is 0 Å². The number of rotatable bonds is 4. The van der Waals surface area contributed by atoms with E-state index in [1.165, 1.54) is 0 Å². The second kappa shape index (κ2) is 6.14. The van der Waals surface area contributed by atoms with E-state index >= 15 is 0 Å². The summed E-state index contributed by atoms with van der Waals surface area (Å²) in [5.74, 6) is -0.878. The maximum Gasteiger partial charge on any atom is 0.321 e. The molecule has 1 aliphatic rings. The minimum atomic E-state index is -0.878. The van der Waals surface area contributed by atoms with Gasteiger partial charge in [-0.15, -0.1) is 0 Å². The van der Waals surface area contributed by atoms with Crippen molar-refractivity contribution in [3.63, 3.8) is 0 Å². The van der Waals surface area contributed by atoms with Crippen molar-refractivity contribution in [3.8, 4) is 5.69 Å². The van der Waals surface area contributed by atoms with E-state index in [1.54, 1.807) is 0 Å². The molecule has 23 heavy (non-hydrogen) atoms. The summed E-state index contributed by atoms with van der Waals surface area (Å²) in [6.45, 7) is 4.85. The molecule has 0 saturated carbocycles. The van der Waals surface area contributed by atoms with Crippen LogP contribution in [0.1, 0.15) is 23.4 Å². The van der Waals surface area contributed by atoms with Crippen LogP contribution in [0.2, 0.25) is 0 Å². The third-order valence-electron chi connectivity index (χ3n) is 4.22. The predicted octanol–water partition coefficient (Wildman–Crippen LogP) is 1.51. The minimum Gasteiger partial charge on any atom is -0.480 e. The van der Waals surface area contributed by atoms with Gasteiger partial charge in [0.05, 0.1) is 17.5 Å². The molecule has 0 spiro atoms. The van der Waals surface area contributed by atoms with Gasteiger partial charge >= 0.3 is 5.97 Å². The van der Waals surface area contributed by atoms with Crippen LogP contribution in [0.25, 0.3) is 5.69 Å². The number of hydrogen-bond donors (Lipinski definition) is 2. The molecule has 6 heteroatoms. The smallest absolute Gasteiger partial charge is 0.321 e. The average Bonchev–Trinajstić information content (AvgIpc) is 3.01. The summed E-state index contributed by atoms with van der Waals surface area (Å²) in [6.07, 6.45) is -0.290. The molecule has 0 aliphatic carbocycles. The fourth-order valence-electron chi connectivity index (χ4n) is 3.22. The number of aliphatic carboxylic acids is 1. The molecule has 122 valence electrons. The third-order valence-corrected chi connectivity index (χ3v) is 4.22. The predicted molar refractivity (Wildman–Crippen MR) is 85.5 cm³/mol. The van der Waals surface area contributed by atoms with Gasteiger partial charge in [-0.2, -0.15) is 5.10 Å². The van der Waals surface area contributed by atoms with E-state index in [0.717, 1.165) is 22.6 Å². The summed E-state index contributed by atoms with van der Waals surface area (Å²) >= 11 is 0. The van der Waals surface area contributed by atoms with Crippen LogP contribution in [0.15, 0.2) is 30.3 Å². The maximum absolute atomic E-state index is 11.3. The molecule has 3 rings (SSSR count). The van der Waals surface area contributed by atoms with Crippen molar-refractivity contribution in [2.45, 2.75) is 39.0 Å². The van der Waals surface area contributed by atoms with Gasteiger partial charge in [0.2, 0.25) is 0 Å². The van der Waals surface area contributed by atoms with Crippen molar-refractivity contribution in [3.05, 3.63) is 47.3 Å². The SMILES string of the molecule is Cc1cc(C)n(-c2cccc(CN3C[C@H](O)C[C@H]3C(=O)O)c2)n1. The lowest BCUT2D eigenvalue weighted by Crippen LogP contribution is -2.35. The number of carbonyl (C=O) groups is 1.